The molecule has 0 saturated carbocycles. The Morgan fingerprint density at radius 3 is 2.74 bits per heavy atom. The summed E-state index contributed by atoms with van der Waals surface area (Å²) in [4.78, 5) is 32.5. The topological polar surface area (TPSA) is 96.6 Å². The molecule has 1 aromatic heterocycles. The number of rotatable bonds is 3. The van der Waals surface area contributed by atoms with Gasteiger partial charge in [0.2, 0.25) is 0 Å². The molecule has 1 aromatic rings. The molecule has 2 unspecified atom stereocenters. The van der Waals surface area contributed by atoms with Gasteiger partial charge in [-0.25, -0.2) is 9.78 Å². The number of nitrogens with one attached hydrogen (secondary N) is 2. The van der Waals surface area contributed by atoms with E-state index in [1.165, 1.54) is 6.20 Å². The Balaban J connectivity index is 1.94. The summed E-state index contributed by atoms with van der Waals surface area (Å²) in [5.41, 5.74) is -0.538. The average molecular weight is 324 g/mol. The molecular formula is C15H24N4O4. The first kappa shape index (κ1) is 17.3. The van der Waals surface area contributed by atoms with Gasteiger partial charge in [0, 0.05) is 26.0 Å². The first-order chi connectivity index (χ1) is 10.8. The highest BCUT2D eigenvalue weighted by Crippen LogP contribution is 2.17. The van der Waals surface area contributed by atoms with Crippen LogP contribution in [0.3, 0.4) is 0 Å². The van der Waals surface area contributed by atoms with Crippen molar-refractivity contribution in [2.24, 2.45) is 0 Å². The summed E-state index contributed by atoms with van der Waals surface area (Å²) in [5.74, 6) is -0.0257. The fourth-order valence-electron chi connectivity index (χ4n) is 2.44. The van der Waals surface area contributed by atoms with Crippen molar-refractivity contribution in [2.45, 2.75) is 44.9 Å². The average Bonchev–Trinajstić information content (AvgIpc) is 3.00. The molecular weight excluding hydrogens is 300 g/mol. The lowest BCUT2D eigenvalue weighted by atomic mass is 10.0. The first-order valence-electron chi connectivity index (χ1n) is 7.61. The number of hydrogen-bond acceptors (Lipinski definition) is 5. The molecule has 0 radical (unpaired) electrons. The van der Waals surface area contributed by atoms with Crippen LogP contribution in [0, 0.1) is 0 Å². The number of ether oxygens (including phenoxy) is 2. The molecule has 2 N–H and O–H groups in total. The number of aromatic amines is 1. The van der Waals surface area contributed by atoms with Gasteiger partial charge in [0.25, 0.3) is 5.91 Å². The molecule has 1 aliphatic heterocycles. The molecule has 2 amide bonds. The quantitative estimate of drug-likeness (QED) is 0.870. The maximum absolute atomic E-state index is 12.1. The Morgan fingerprint density at radius 1 is 1.43 bits per heavy atom. The predicted molar refractivity (Wildman–Crippen MR) is 83.1 cm³/mol. The van der Waals surface area contributed by atoms with Gasteiger partial charge in [0.15, 0.2) is 5.82 Å². The third kappa shape index (κ3) is 4.69. The van der Waals surface area contributed by atoms with Crippen molar-refractivity contribution in [3.8, 4) is 0 Å². The summed E-state index contributed by atoms with van der Waals surface area (Å²) < 4.78 is 10.8. The van der Waals surface area contributed by atoms with E-state index in [4.69, 9.17) is 9.47 Å². The van der Waals surface area contributed by atoms with Crippen LogP contribution in [0.2, 0.25) is 0 Å². The summed E-state index contributed by atoms with van der Waals surface area (Å²) in [6.45, 7) is 6.35. The minimum atomic E-state index is -0.538. The second-order valence-corrected chi connectivity index (χ2v) is 6.51. The zero-order chi connectivity index (χ0) is 17.0. The van der Waals surface area contributed by atoms with Crippen molar-refractivity contribution in [1.82, 2.24) is 20.2 Å². The molecule has 2 atom stereocenters. The van der Waals surface area contributed by atoms with E-state index in [-0.39, 0.29) is 30.0 Å². The van der Waals surface area contributed by atoms with Gasteiger partial charge in [-0.3, -0.25) is 4.79 Å². The number of aromatic nitrogens is 2. The maximum atomic E-state index is 12.1. The van der Waals surface area contributed by atoms with Crippen LogP contribution in [0.15, 0.2) is 12.4 Å². The molecule has 128 valence electrons. The van der Waals surface area contributed by atoms with E-state index in [0.29, 0.717) is 19.5 Å². The number of carbonyl (C=O) groups excluding carboxylic acids is 2. The van der Waals surface area contributed by atoms with Gasteiger partial charge in [-0.1, -0.05) is 0 Å². The minimum absolute atomic E-state index is 0.184. The second kappa shape index (κ2) is 6.99. The molecule has 1 fully saturated rings. The van der Waals surface area contributed by atoms with Crippen LogP contribution in [-0.2, 0) is 9.47 Å². The zero-order valence-electron chi connectivity index (χ0n) is 14.0. The smallest absolute Gasteiger partial charge is 0.410 e. The summed E-state index contributed by atoms with van der Waals surface area (Å²) in [6.07, 6.45) is 3.04. The molecule has 2 rings (SSSR count). The summed E-state index contributed by atoms with van der Waals surface area (Å²) in [5, 5.41) is 2.89. The number of likely N-dealkylation sites (tertiary alicyclic amines) is 1. The fourth-order valence-corrected chi connectivity index (χ4v) is 2.44. The number of amides is 2. The largest absolute Gasteiger partial charge is 0.444 e. The maximum Gasteiger partial charge on any atom is 0.410 e. The van der Waals surface area contributed by atoms with Crippen molar-refractivity contribution in [3.05, 3.63) is 18.2 Å². The van der Waals surface area contributed by atoms with Crippen molar-refractivity contribution in [3.63, 3.8) is 0 Å². The van der Waals surface area contributed by atoms with Crippen LogP contribution in [0.1, 0.15) is 37.8 Å². The summed E-state index contributed by atoms with van der Waals surface area (Å²) in [6, 6.07) is -0.184. The number of imidazole rings is 1. The van der Waals surface area contributed by atoms with E-state index in [0.717, 1.165) is 0 Å². The molecule has 23 heavy (non-hydrogen) atoms. The fraction of sp³-hybridized carbons (Fsp3) is 0.667. The molecule has 0 spiro atoms. The Morgan fingerprint density at radius 2 is 2.17 bits per heavy atom. The normalized spacial score (nSPS) is 21.8. The summed E-state index contributed by atoms with van der Waals surface area (Å²) >= 11 is 0. The number of piperidine rings is 1. The van der Waals surface area contributed by atoms with Crippen LogP contribution < -0.4 is 5.32 Å². The van der Waals surface area contributed by atoms with E-state index < -0.39 is 5.60 Å². The molecule has 2 heterocycles. The van der Waals surface area contributed by atoms with E-state index in [1.807, 2.05) is 20.8 Å². The van der Waals surface area contributed by atoms with Crippen LogP contribution >= 0.6 is 0 Å². The highest BCUT2D eigenvalue weighted by molar-refractivity contribution is 5.90. The van der Waals surface area contributed by atoms with Crippen molar-refractivity contribution in [2.75, 3.05) is 20.2 Å². The Labute approximate surface area is 135 Å². The van der Waals surface area contributed by atoms with Crippen LogP contribution in [0.25, 0.3) is 0 Å². The van der Waals surface area contributed by atoms with Crippen LogP contribution in [0.4, 0.5) is 4.79 Å². The van der Waals surface area contributed by atoms with Gasteiger partial charge in [0.1, 0.15) is 5.60 Å². The number of H-pyrrole nitrogens is 1. The van der Waals surface area contributed by atoms with E-state index in [9.17, 15) is 9.59 Å². The SMILES string of the molecule is COC1CN(C(=O)OC(C)(C)C)CCC1NC(=O)c1ncc[nH]1. The van der Waals surface area contributed by atoms with E-state index in [2.05, 4.69) is 15.3 Å². The second-order valence-electron chi connectivity index (χ2n) is 6.51. The molecule has 0 aromatic carbocycles. The highest BCUT2D eigenvalue weighted by atomic mass is 16.6. The Kier molecular flexibility index (Phi) is 5.25. The van der Waals surface area contributed by atoms with Crippen molar-refractivity contribution < 1.29 is 19.1 Å². The van der Waals surface area contributed by atoms with Gasteiger partial charge in [-0.05, 0) is 27.2 Å². The monoisotopic (exact) mass is 324 g/mol. The van der Waals surface area contributed by atoms with Crippen molar-refractivity contribution in [1.29, 1.82) is 0 Å². The first-order valence-corrected chi connectivity index (χ1v) is 7.61. The lowest BCUT2D eigenvalue weighted by molar-refractivity contribution is -0.0172. The zero-order valence-corrected chi connectivity index (χ0v) is 14.0. The molecule has 8 nitrogen and oxygen atoms in total. The lowest BCUT2D eigenvalue weighted by Gasteiger charge is -2.38. The van der Waals surface area contributed by atoms with E-state index in [1.54, 1.807) is 18.2 Å². The van der Waals surface area contributed by atoms with Gasteiger partial charge in [-0.2, -0.15) is 0 Å². The molecule has 1 aliphatic rings. The summed E-state index contributed by atoms with van der Waals surface area (Å²) in [7, 11) is 1.56. The Hall–Kier alpha value is -2.09. The number of hydrogen-bond donors (Lipinski definition) is 2. The van der Waals surface area contributed by atoms with E-state index >= 15 is 0 Å². The lowest BCUT2D eigenvalue weighted by Crippen LogP contribution is -2.56. The predicted octanol–water partition coefficient (Wildman–Crippen LogP) is 1.16. The van der Waals surface area contributed by atoms with Gasteiger partial charge >= 0.3 is 6.09 Å². The number of nitrogens with zero attached hydrogens (tertiary/aromatic N) is 2. The highest BCUT2D eigenvalue weighted by Gasteiger charge is 2.34. The van der Waals surface area contributed by atoms with Gasteiger partial charge in [0.05, 0.1) is 18.7 Å². The third-order valence-electron chi connectivity index (χ3n) is 3.54. The van der Waals surface area contributed by atoms with Gasteiger partial charge in [-0.15, -0.1) is 0 Å². The van der Waals surface area contributed by atoms with Crippen molar-refractivity contribution >= 4 is 12.0 Å². The third-order valence-corrected chi connectivity index (χ3v) is 3.54. The van der Waals surface area contributed by atoms with Crippen LogP contribution in [-0.4, -0.2) is 64.8 Å². The molecule has 0 bridgehead atoms. The number of carbonyl (C=O) groups is 2. The molecule has 8 heteroatoms. The number of methoxy groups -OCH3 is 1. The molecule has 0 aliphatic carbocycles. The van der Waals surface area contributed by atoms with Gasteiger partial charge < -0.3 is 24.7 Å². The minimum Gasteiger partial charge on any atom is -0.444 e. The molecule has 1 saturated heterocycles. The standard InChI is InChI=1S/C15H24N4O4/c1-15(2,3)23-14(21)19-8-5-10(11(9-19)22-4)18-13(20)12-16-6-7-17-12/h6-7,10-11H,5,8-9H2,1-4H3,(H,16,17)(H,18,20). The Bertz CT molecular complexity index is 538. The van der Waals surface area contributed by atoms with Crippen LogP contribution in [0.5, 0.6) is 0 Å².